The molecule has 1 unspecified atom stereocenters. The Morgan fingerprint density at radius 1 is 1.29 bits per heavy atom. The maximum absolute atomic E-state index is 13.1. The van der Waals surface area contributed by atoms with Gasteiger partial charge in [-0.05, 0) is 37.1 Å². The lowest BCUT2D eigenvalue weighted by molar-refractivity contribution is 0.618. The molecule has 1 fully saturated rings. The van der Waals surface area contributed by atoms with Crippen LogP contribution in [0.25, 0.3) is 0 Å². The molecule has 0 bridgehead atoms. The highest BCUT2D eigenvalue weighted by Crippen LogP contribution is 2.30. The molecule has 0 aromatic heterocycles. The molecule has 1 N–H and O–H groups in total. The number of benzene rings is 1. The molecule has 0 saturated carbocycles. The molecule has 1 heterocycles. The Kier molecular flexibility index (Phi) is 2.96. The molecular formula is C10H10Cl2FN. The molecule has 4 heteroatoms. The second kappa shape index (κ2) is 4.05. The van der Waals surface area contributed by atoms with E-state index in [0.717, 1.165) is 24.9 Å². The first kappa shape index (κ1) is 10.2. The summed E-state index contributed by atoms with van der Waals surface area (Å²) in [5.41, 5.74) is 0.971. The fourth-order valence-corrected chi connectivity index (χ4v) is 2.25. The molecule has 2 rings (SSSR count). The average Bonchev–Trinajstić information content (AvgIpc) is 2.66. The fraction of sp³-hybridized carbons (Fsp3) is 0.400. The molecule has 1 nitrogen and oxygen atoms in total. The van der Waals surface area contributed by atoms with Gasteiger partial charge in [-0.1, -0.05) is 23.2 Å². The van der Waals surface area contributed by atoms with E-state index in [-0.39, 0.29) is 16.1 Å². The van der Waals surface area contributed by atoms with Crippen molar-refractivity contribution in [2.75, 3.05) is 6.54 Å². The standard InChI is InChI=1S/C10H10Cl2FN/c11-7-4-6(5-8(12)10(7)13)9-2-1-3-14-9/h4-5,9,14H,1-3H2. The van der Waals surface area contributed by atoms with Crippen LogP contribution >= 0.6 is 23.2 Å². The molecule has 0 amide bonds. The molecule has 1 aliphatic rings. The van der Waals surface area contributed by atoms with Crippen molar-refractivity contribution in [1.29, 1.82) is 0 Å². The van der Waals surface area contributed by atoms with Crippen molar-refractivity contribution in [2.24, 2.45) is 0 Å². The van der Waals surface area contributed by atoms with Crippen LogP contribution in [0.2, 0.25) is 10.0 Å². The van der Waals surface area contributed by atoms with E-state index in [9.17, 15) is 4.39 Å². The fourth-order valence-electron chi connectivity index (χ4n) is 1.75. The van der Waals surface area contributed by atoms with Crippen LogP contribution in [-0.4, -0.2) is 6.54 Å². The van der Waals surface area contributed by atoms with E-state index in [1.54, 1.807) is 12.1 Å². The minimum Gasteiger partial charge on any atom is -0.310 e. The van der Waals surface area contributed by atoms with E-state index < -0.39 is 5.82 Å². The van der Waals surface area contributed by atoms with E-state index >= 15 is 0 Å². The summed E-state index contributed by atoms with van der Waals surface area (Å²) in [7, 11) is 0. The monoisotopic (exact) mass is 233 g/mol. The van der Waals surface area contributed by atoms with Crippen molar-refractivity contribution in [3.63, 3.8) is 0 Å². The Labute approximate surface area is 92.2 Å². The van der Waals surface area contributed by atoms with Crippen molar-refractivity contribution >= 4 is 23.2 Å². The maximum atomic E-state index is 13.1. The second-order valence-corrected chi connectivity index (χ2v) is 4.26. The van der Waals surface area contributed by atoms with Crippen LogP contribution in [0.1, 0.15) is 24.4 Å². The minimum absolute atomic E-state index is 0.0983. The zero-order valence-corrected chi connectivity index (χ0v) is 9.00. The predicted molar refractivity (Wildman–Crippen MR) is 56.4 cm³/mol. The minimum atomic E-state index is -0.532. The Hall–Kier alpha value is -0.310. The van der Waals surface area contributed by atoms with Gasteiger partial charge in [0.1, 0.15) is 0 Å². The van der Waals surface area contributed by atoms with E-state index in [0.29, 0.717) is 0 Å². The number of hydrogen-bond donors (Lipinski definition) is 1. The van der Waals surface area contributed by atoms with Crippen LogP contribution in [0.5, 0.6) is 0 Å². The molecule has 1 saturated heterocycles. The SMILES string of the molecule is Fc1c(Cl)cc(C2CCCN2)cc1Cl. The van der Waals surface area contributed by atoms with Crippen molar-refractivity contribution in [3.05, 3.63) is 33.6 Å². The van der Waals surface area contributed by atoms with E-state index in [2.05, 4.69) is 5.32 Å². The van der Waals surface area contributed by atoms with E-state index in [4.69, 9.17) is 23.2 Å². The van der Waals surface area contributed by atoms with E-state index in [1.807, 2.05) is 0 Å². The highest BCUT2D eigenvalue weighted by Gasteiger charge is 2.18. The summed E-state index contributed by atoms with van der Waals surface area (Å²) in [4.78, 5) is 0. The van der Waals surface area contributed by atoms with Crippen molar-refractivity contribution in [2.45, 2.75) is 18.9 Å². The van der Waals surface area contributed by atoms with Gasteiger partial charge in [-0.25, -0.2) is 4.39 Å². The van der Waals surface area contributed by atoms with Crippen LogP contribution in [0.4, 0.5) is 4.39 Å². The van der Waals surface area contributed by atoms with Gasteiger partial charge < -0.3 is 5.32 Å². The second-order valence-electron chi connectivity index (χ2n) is 3.45. The van der Waals surface area contributed by atoms with Crippen LogP contribution in [0, 0.1) is 5.82 Å². The summed E-state index contributed by atoms with van der Waals surface area (Å²) in [6, 6.07) is 3.56. The van der Waals surface area contributed by atoms with Gasteiger partial charge in [-0.2, -0.15) is 0 Å². The summed E-state index contributed by atoms with van der Waals surface area (Å²) in [5.74, 6) is -0.532. The van der Waals surface area contributed by atoms with Crippen LogP contribution < -0.4 is 5.32 Å². The molecule has 0 spiro atoms. The van der Waals surface area contributed by atoms with Crippen molar-refractivity contribution < 1.29 is 4.39 Å². The van der Waals surface area contributed by atoms with Crippen molar-refractivity contribution in [3.8, 4) is 0 Å². The zero-order chi connectivity index (χ0) is 10.1. The quantitative estimate of drug-likeness (QED) is 0.732. The molecule has 1 aromatic rings. The molecule has 1 atom stereocenters. The summed E-state index contributed by atoms with van der Waals surface area (Å²) >= 11 is 11.4. The summed E-state index contributed by atoms with van der Waals surface area (Å²) in [6.45, 7) is 0.997. The van der Waals surface area contributed by atoms with Crippen LogP contribution in [0.15, 0.2) is 12.1 Å². The van der Waals surface area contributed by atoms with Crippen molar-refractivity contribution in [1.82, 2.24) is 5.32 Å². The third-order valence-corrected chi connectivity index (χ3v) is 3.02. The average molecular weight is 234 g/mol. The van der Waals surface area contributed by atoms with Gasteiger partial charge in [0.15, 0.2) is 5.82 Å². The van der Waals surface area contributed by atoms with Gasteiger partial charge in [-0.3, -0.25) is 0 Å². The molecule has 76 valence electrons. The van der Waals surface area contributed by atoms with E-state index in [1.165, 1.54) is 0 Å². The predicted octanol–water partition coefficient (Wildman–Crippen LogP) is 3.56. The van der Waals surface area contributed by atoms with Crippen LogP contribution in [-0.2, 0) is 0 Å². The summed E-state index contributed by atoms with van der Waals surface area (Å²) in [5, 5.41) is 3.50. The summed E-state index contributed by atoms with van der Waals surface area (Å²) < 4.78 is 13.1. The number of rotatable bonds is 1. The largest absolute Gasteiger partial charge is 0.310 e. The molecule has 1 aliphatic heterocycles. The molecular weight excluding hydrogens is 224 g/mol. The molecule has 0 aliphatic carbocycles. The van der Waals surface area contributed by atoms with Gasteiger partial charge in [0, 0.05) is 6.04 Å². The Morgan fingerprint density at radius 3 is 2.43 bits per heavy atom. The first-order valence-corrected chi connectivity index (χ1v) is 5.32. The third-order valence-electron chi connectivity index (χ3n) is 2.47. The van der Waals surface area contributed by atoms with Gasteiger partial charge in [0.2, 0.25) is 0 Å². The topological polar surface area (TPSA) is 12.0 Å². The lowest BCUT2D eigenvalue weighted by Crippen LogP contribution is -2.12. The number of hydrogen-bond acceptors (Lipinski definition) is 1. The smallest absolute Gasteiger partial charge is 0.160 e. The van der Waals surface area contributed by atoms with Gasteiger partial charge in [-0.15, -0.1) is 0 Å². The highest BCUT2D eigenvalue weighted by molar-refractivity contribution is 6.35. The number of nitrogens with one attached hydrogen (secondary N) is 1. The van der Waals surface area contributed by atoms with Crippen LogP contribution in [0.3, 0.4) is 0 Å². The normalized spacial score (nSPS) is 21.5. The summed E-state index contributed by atoms with van der Waals surface area (Å²) in [6.07, 6.45) is 2.19. The molecule has 0 radical (unpaired) electrons. The van der Waals surface area contributed by atoms with Gasteiger partial charge in [0.25, 0.3) is 0 Å². The first-order valence-electron chi connectivity index (χ1n) is 4.56. The zero-order valence-electron chi connectivity index (χ0n) is 7.49. The molecule has 14 heavy (non-hydrogen) atoms. The lowest BCUT2D eigenvalue weighted by Gasteiger charge is -2.11. The lowest BCUT2D eigenvalue weighted by atomic mass is 10.1. The van der Waals surface area contributed by atoms with Gasteiger partial charge in [0.05, 0.1) is 10.0 Å². The first-order chi connectivity index (χ1) is 6.68. The maximum Gasteiger partial charge on any atom is 0.160 e. The Bertz CT molecular complexity index is 325. The Morgan fingerprint density at radius 2 is 1.93 bits per heavy atom. The highest BCUT2D eigenvalue weighted by atomic mass is 35.5. The third kappa shape index (κ3) is 1.88. The number of halogens is 3. The Balaban J connectivity index is 2.34. The molecule has 1 aromatic carbocycles. The van der Waals surface area contributed by atoms with Gasteiger partial charge >= 0.3 is 0 Å².